The van der Waals surface area contributed by atoms with Crippen LogP contribution in [0.4, 0.5) is 16.2 Å². The predicted octanol–water partition coefficient (Wildman–Crippen LogP) is 1.48. The maximum atomic E-state index is 12.6. The number of benzene rings is 1. The highest BCUT2D eigenvalue weighted by Crippen LogP contribution is 2.16. The Morgan fingerprint density at radius 1 is 1.10 bits per heavy atom. The van der Waals surface area contributed by atoms with E-state index in [4.69, 9.17) is 5.73 Å². The molecule has 0 radical (unpaired) electrons. The first-order valence-corrected chi connectivity index (χ1v) is 9.07. The molecule has 0 saturated heterocycles. The third-order valence-corrected chi connectivity index (χ3v) is 4.16. The average molecular weight is 408 g/mol. The van der Waals surface area contributed by atoms with Crippen LogP contribution in [0.15, 0.2) is 47.4 Å². The number of amides is 4. The molecule has 0 spiro atoms. The number of nitrogens with two attached hydrogens (primary N) is 1. The minimum atomic E-state index is -0.596. The van der Waals surface area contributed by atoms with Crippen LogP contribution in [-0.4, -0.2) is 34.4 Å². The number of nitrogens with one attached hydrogen (secondary N) is 4. The summed E-state index contributed by atoms with van der Waals surface area (Å²) in [5.74, 6) is -1.11. The van der Waals surface area contributed by atoms with Crippen molar-refractivity contribution in [3.63, 3.8) is 0 Å². The van der Waals surface area contributed by atoms with Gasteiger partial charge in [-0.3, -0.25) is 14.4 Å². The second-order valence-electron chi connectivity index (χ2n) is 6.51. The number of rotatable bonds is 6. The van der Waals surface area contributed by atoms with Gasteiger partial charge in [0.15, 0.2) is 0 Å². The Hall–Kier alpha value is -4.21. The topological polar surface area (TPSA) is 159 Å². The van der Waals surface area contributed by atoms with E-state index in [1.807, 2.05) is 0 Å². The summed E-state index contributed by atoms with van der Waals surface area (Å²) in [6.45, 7) is 1.91. The summed E-state index contributed by atoms with van der Waals surface area (Å²) in [6.07, 6.45) is 1.35. The van der Waals surface area contributed by atoms with Gasteiger partial charge in [-0.1, -0.05) is 6.07 Å². The van der Waals surface area contributed by atoms with Crippen molar-refractivity contribution in [2.75, 3.05) is 17.2 Å². The minimum absolute atomic E-state index is 0.0267. The highest BCUT2D eigenvalue weighted by molar-refractivity contribution is 6.05. The third kappa shape index (κ3) is 4.98. The Morgan fingerprint density at radius 3 is 2.57 bits per heavy atom. The SMILES string of the molecule is Cc1ccc2c(=O)c(C(=O)Nc3cccc(NC(=O)NCCC(N)=O)c3)c[nH]c2n1. The van der Waals surface area contributed by atoms with Crippen LogP contribution in [0.5, 0.6) is 0 Å². The van der Waals surface area contributed by atoms with Gasteiger partial charge in [0.1, 0.15) is 11.2 Å². The molecule has 0 aliphatic rings. The molecule has 0 aliphatic carbocycles. The summed E-state index contributed by atoms with van der Waals surface area (Å²) in [5.41, 5.74) is 6.48. The van der Waals surface area contributed by atoms with Crippen molar-refractivity contribution in [3.05, 3.63) is 64.1 Å². The second kappa shape index (κ2) is 8.86. The van der Waals surface area contributed by atoms with Crippen LogP contribution in [0.3, 0.4) is 0 Å². The van der Waals surface area contributed by atoms with Gasteiger partial charge in [0, 0.05) is 36.2 Å². The number of pyridine rings is 2. The Bertz CT molecular complexity index is 1190. The molecule has 2 aromatic heterocycles. The van der Waals surface area contributed by atoms with E-state index in [1.54, 1.807) is 37.3 Å². The van der Waals surface area contributed by atoms with Crippen LogP contribution in [0.2, 0.25) is 0 Å². The number of carbonyl (C=O) groups is 3. The van der Waals surface area contributed by atoms with Gasteiger partial charge in [-0.2, -0.15) is 0 Å². The predicted molar refractivity (Wildman–Crippen MR) is 112 cm³/mol. The molecule has 4 amide bonds. The average Bonchev–Trinajstić information content (AvgIpc) is 2.68. The molecule has 0 saturated carbocycles. The first-order chi connectivity index (χ1) is 14.3. The third-order valence-electron chi connectivity index (χ3n) is 4.16. The number of hydrogen-bond donors (Lipinski definition) is 5. The fourth-order valence-corrected chi connectivity index (χ4v) is 2.72. The Balaban J connectivity index is 1.71. The van der Waals surface area contributed by atoms with Gasteiger partial charge in [-0.25, -0.2) is 9.78 Å². The van der Waals surface area contributed by atoms with Gasteiger partial charge in [-0.15, -0.1) is 0 Å². The number of urea groups is 1. The van der Waals surface area contributed by atoms with E-state index in [2.05, 4.69) is 25.9 Å². The fraction of sp³-hybridized carbons (Fsp3) is 0.150. The number of anilines is 2. The Kier molecular flexibility index (Phi) is 6.06. The van der Waals surface area contributed by atoms with Crippen molar-refractivity contribution < 1.29 is 14.4 Å². The first kappa shape index (κ1) is 20.5. The monoisotopic (exact) mass is 408 g/mol. The Labute approximate surface area is 170 Å². The molecular weight excluding hydrogens is 388 g/mol. The standard InChI is InChI=1S/C20H20N6O4/c1-11-5-6-14-17(28)15(10-23-18(14)24-11)19(29)25-12-3-2-4-13(9-12)26-20(30)22-8-7-16(21)27/h2-6,9-10H,7-8H2,1H3,(H2,21,27)(H,25,29)(H2,22,26,30)(H,23,24,28). The quantitative estimate of drug-likeness (QED) is 0.417. The number of H-pyrrole nitrogens is 1. The summed E-state index contributed by atoms with van der Waals surface area (Å²) in [6, 6.07) is 9.21. The zero-order valence-electron chi connectivity index (χ0n) is 16.1. The number of aryl methyl sites for hydroxylation is 1. The normalized spacial score (nSPS) is 10.4. The lowest BCUT2D eigenvalue weighted by Gasteiger charge is -2.10. The fourth-order valence-electron chi connectivity index (χ4n) is 2.72. The zero-order valence-corrected chi connectivity index (χ0v) is 16.1. The summed E-state index contributed by atoms with van der Waals surface area (Å²) in [5, 5.41) is 8.02. The number of hydrogen-bond acceptors (Lipinski definition) is 5. The van der Waals surface area contributed by atoms with Crippen LogP contribution in [-0.2, 0) is 4.79 Å². The molecule has 0 fully saturated rings. The molecule has 30 heavy (non-hydrogen) atoms. The largest absolute Gasteiger partial charge is 0.370 e. The molecule has 154 valence electrons. The van der Waals surface area contributed by atoms with Gasteiger partial charge in [0.25, 0.3) is 5.91 Å². The summed E-state index contributed by atoms with van der Waals surface area (Å²) >= 11 is 0. The number of aromatic nitrogens is 2. The molecule has 1 aromatic carbocycles. The molecular formula is C20H20N6O4. The van der Waals surface area contributed by atoms with Crippen LogP contribution >= 0.6 is 0 Å². The van der Waals surface area contributed by atoms with Crippen LogP contribution < -0.4 is 27.1 Å². The molecule has 0 bridgehead atoms. The lowest BCUT2D eigenvalue weighted by atomic mass is 10.1. The molecule has 3 rings (SSSR count). The number of primary amides is 1. The molecule has 0 aliphatic heterocycles. The van der Waals surface area contributed by atoms with Crippen LogP contribution in [0.25, 0.3) is 11.0 Å². The zero-order chi connectivity index (χ0) is 21.7. The van der Waals surface area contributed by atoms with Gasteiger partial charge < -0.3 is 26.7 Å². The summed E-state index contributed by atoms with van der Waals surface area (Å²) < 4.78 is 0. The van der Waals surface area contributed by atoms with Gasteiger partial charge >= 0.3 is 6.03 Å². The smallest absolute Gasteiger partial charge is 0.319 e. The van der Waals surface area contributed by atoms with E-state index >= 15 is 0 Å². The van der Waals surface area contributed by atoms with E-state index < -0.39 is 23.3 Å². The first-order valence-electron chi connectivity index (χ1n) is 9.07. The van der Waals surface area contributed by atoms with Gasteiger partial charge in [-0.05, 0) is 37.3 Å². The maximum absolute atomic E-state index is 12.6. The van der Waals surface area contributed by atoms with Gasteiger partial charge in [0.05, 0.1) is 5.39 Å². The summed E-state index contributed by atoms with van der Waals surface area (Å²) in [4.78, 5) is 54.8. The molecule has 0 unspecified atom stereocenters. The maximum Gasteiger partial charge on any atom is 0.319 e. The van der Waals surface area contributed by atoms with E-state index in [0.717, 1.165) is 5.69 Å². The van der Waals surface area contributed by atoms with Crippen LogP contribution in [0.1, 0.15) is 22.5 Å². The number of nitrogens with zero attached hydrogens (tertiary/aromatic N) is 1. The van der Waals surface area contributed by atoms with Crippen molar-refractivity contribution in [2.24, 2.45) is 5.73 Å². The van der Waals surface area contributed by atoms with Crippen molar-refractivity contribution in [1.29, 1.82) is 0 Å². The van der Waals surface area contributed by atoms with Gasteiger partial charge in [0.2, 0.25) is 11.3 Å². The lowest BCUT2D eigenvalue weighted by molar-refractivity contribution is -0.117. The highest BCUT2D eigenvalue weighted by Gasteiger charge is 2.14. The van der Waals surface area contributed by atoms with Crippen LogP contribution in [0, 0.1) is 6.92 Å². The van der Waals surface area contributed by atoms with Crippen molar-refractivity contribution in [2.45, 2.75) is 13.3 Å². The summed E-state index contributed by atoms with van der Waals surface area (Å²) in [7, 11) is 0. The number of carbonyl (C=O) groups excluding carboxylic acids is 3. The molecule has 10 heteroatoms. The Morgan fingerprint density at radius 2 is 1.83 bits per heavy atom. The van der Waals surface area contributed by atoms with E-state index in [1.165, 1.54) is 12.3 Å². The lowest BCUT2D eigenvalue weighted by Crippen LogP contribution is -2.31. The van der Waals surface area contributed by atoms with E-state index in [0.29, 0.717) is 22.4 Å². The molecule has 3 aromatic rings. The molecule has 6 N–H and O–H groups in total. The van der Waals surface area contributed by atoms with Crippen molar-refractivity contribution in [1.82, 2.24) is 15.3 Å². The molecule has 2 heterocycles. The van der Waals surface area contributed by atoms with Crippen molar-refractivity contribution in [3.8, 4) is 0 Å². The molecule has 0 atom stereocenters. The minimum Gasteiger partial charge on any atom is -0.370 e. The second-order valence-corrected chi connectivity index (χ2v) is 6.51. The molecule has 10 nitrogen and oxygen atoms in total. The highest BCUT2D eigenvalue weighted by atomic mass is 16.2. The number of aromatic amines is 1. The van der Waals surface area contributed by atoms with E-state index in [9.17, 15) is 19.2 Å². The number of fused-ring (bicyclic) bond motifs is 1. The van der Waals surface area contributed by atoms with E-state index in [-0.39, 0.29) is 18.5 Å². The van der Waals surface area contributed by atoms with Crippen molar-refractivity contribution >= 4 is 40.3 Å².